The van der Waals surface area contributed by atoms with Crippen LogP contribution in [0.4, 0.5) is 5.69 Å². The van der Waals surface area contributed by atoms with E-state index in [1.165, 1.54) is 32.2 Å². The highest BCUT2D eigenvalue weighted by Gasteiger charge is 2.45. The van der Waals surface area contributed by atoms with Gasteiger partial charge in [-0.1, -0.05) is 18.2 Å². The number of carbonyl (C=O) groups excluding carboxylic acids is 2. The molecule has 0 spiro atoms. The van der Waals surface area contributed by atoms with Crippen LogP contribution in [-0.4, -0.2) is 37.7 Å². The van der Waals surface area contributed by atoms with Crippen LogP contribution in [0.2, 0.25) is 0 Å². The first kappa shape index (κ1) is 17.9. The maximum atomic E-state index is 12.7. The first-order valence-electron chi connectivity index (χ1n) is 7.90. The number of carbonyl (C=O) groups is 2. The van der Waals surface area contributed by atoms with Crippen molar-refractivity contribution in [1.29, 1.82) is 0 Å². The molecule has 0 fully saturated rings. The summed E-state index contributed by atoms with van der Waals surface area (Å²) in [6, 6.07) is 9.92. The fraction of sp³-hybridized carbons (Fsp3) is 0.222. The van der Waals surface area contributed by atoms with E-state index in [-0.39, 0.29) is 10.5 Å². The molecule has 26 heavy (non-hydrogen) atoms. The van der Waals surface area contributed by atoms with Gasteiger partial charge in [-0.2, -0.15) is 0 Å². The molecule has 0 saturated carbocycles. The van der Waals surface area contributed by atoms with Crippen molar-refractivity contribution in [2.45, 2.75) is 24.8 Å². The minimum atomic E-state index is -4.06. The van der Waals surface area contributed by atoms with Crippen molar-refractivity contribution >= 4 is 27.5 Å². The zero-order valence-electron chi connectivity index (χ0n) is 14.5. The molecule has 1 aliphatic heterocycles. The second-order valence-corrected chi connectivity index (χ2v) is 7.75. The van der Waals surface area contributed by atoms with Gasteiger partial charge in [-0.25, -0.2) is 12.7 Å². The summed E-state index contributed by atoms with van der Waals surface area (Å²) in [6.07, 6.45) is 0. The molecule has 2 aromatic rings. The third-order valence-electron chi connectivity index (χ3n) is 4.20. The predicted molar refractivity (Wildman–Crippen MR) is 95.6 cm³/mol. The van der Waals surface area contributed by atoms with Crippen molar-refractivity contribution in [2.24, 2.45) is 0 Å². The van der Waals surface area contributed by atoms with Gasteiger partial charge < -0.3 is 10.1 Å². The number of benzene rings is 2. The highest BCUT2D eigenvalue weighted by Crippen LogP contribution is 2.32. The smallest absolute Gasteiger partial charge is 0.269 e. The van der Waals surface area contributed by atoms with Crippen LogP contribution in [0, 0.1) is 6.92 Å². The first-order valence-corrected chi connectivity index (χ1v) is 9.34. The lowest BCUT2D eigenvalue weighted by Gasteiger charge is -2.23. The Morgan fingerprint density at radius 3 is 2.54 bits per heavy atom. The number of nitrogens with zero attached hydrogens (tertiary/aromatic N) is 1. The summed E-state index contributed by atoms with van der Waals surface area (Å²) in [4.78, 5) is 25.1. The van der Waals surface area contributed by atoms with Gasteiger partial charge in [0, 0.05) is 0 Å². The molecule has 1 N–H and O–H groups in total. The normalized spacial score (nSPS) is 16.1. The van der Waals surface area contributed by atoms with E-state index in [1.807, 2.05) is 13.0 Å². The Kier molecular flexibility index (Phi) is 4.45. The molecule has 0 unspecified atom stereocenters. The Hall–Kier alpha value is -2.87. The molecule has 1 heterocycles. The lowest BCUT2D eigenvalue weighted by Crippen LogP contribution is -2.45. The highest BCUT2D eigenvalue weighted by atomic mass is 32.2. The molecular weight excluding hydrogens is 356 g/mol. The molecule has 2 aromatic carbocycles. The number of ether oxygens (including phenoxy) is 1. The van der Waals surface area contributed by atoms with E-state index in [1.54, 1.807) is 18.2 Å². The standard InChI is InChI=1S/C18H18N2O5S/c1-11-8-9-15(25-3)14(10-11)19-17(21)12(2)20-18(22)13-6-4-5-7-16(13)26(20,23)24/h4-10,12H,1-3H3,(H,19,21)/t12-/m0/s1. The molecule has 1 aliphatic rings. The number of hydrogen-bond donors (Lipinski definition) is 1. The highest BCUT2D eigenvalue weighted by molar-refractivity contribution is 7.90. The van der Waals surface area contributed by atoms with Crippen molar-refractivity contribution in [1.82, 2.24) is 4.31 Å². The number of nitrogens with one attached hydrogen (secondary N) is 1. The number of rotatable bonds is 4. The summed E-state index contributed by atoms with van der Waals surface area (Å²) in [5.41, 5.74) is 1.37. The summed E-state index contributed by atoms with van der Waals surface area (Å²) in [5.74, 6) is -0.895. The average Bonchev–Trinajstić information content (AvgIpc) is 2.81. The number of hydrogen-bond acceptors (Lipinski definition) is 5. The minimum Gasteiger partial charge on any atom is -0.495 e. The predicted octanol–water partition coefficient (Wildman–Crippen LogP) is 2.18. The van der Waals surface area contributed by atoms with Crippen LogP contribution >= 0.6 is 0 Å². The fourth-order valence-corrected chi connectivity index (χ4v) is 4.57. The number of amides is 2. The van der Waals surface area contributed by atoms with Gasteiger partial charge in [0.1, 0.15) is 16.7 Å². The quantitative estimate of drug-likeness (QED) is 0.885. The van der Waals surface area contributed by atoms with E-state index in [4.69, 9.17) is 4.74 Å². The second kappa shape index (κ2) is 6.45. The Balaban J connectivity index is 1.91. The van der Waals surface area contributed by atoms with Crippen LogP contribution in [0.15, 0.2) is 47.4 Å². The third-order valence-corrected chi connectivity index (χ3v) is 6.11. The van der Waals surface area contributed by atoms with Gasteiger partial charge in [0.2, 0.25) is 5.91 Å². The van der Waals surface area contributed by atoms with Gasteiger partial charge in [-0.15, -0.1) is 0 Å². The fourth-order valence-electron chi connectivity index (χ4n) is 2.85. The van der Waals surface area contributed by atoms with E-state index >= 15 is 0 Å². The molecular formula is C18H18N2O5S. The number of fused-ring (bicyclic) bond motifs is 1. The second-order valence-electron chi connectivity index (χ2n) is 5.97. The van der Waals surface area contributed by atoms with Crippen LogP contribution in [0.3, 0.4) is 0 Å². The van der Waals surface area contributed by atoms with Crippen molar-refractivity contribution in [3.05, 3.63) is 53.6 Å². The Bertz CT molecular complexity index is 1000. The minimum absolute atomic E-state index is 0.0697. The van der Waals surface area contributed by atoms with Crippen LogP contribution in [0.1, 0.15) is 22.8 Å². The Morgan fingerprint density at radius 2 is 1.88 bits per heavy atom. The maximum absolute atomic E-state index is 12.7. The monoisotopic (exact) mass is 374 g/mol. The van der Waals surface area contributed by atoms with Crippen molar-refractivity contribution in [2.75, 3.05) is 12.4 Å². The molecule has 0 radical (unpaired) electrons. The van der Waals surface area contributed by atoms with Crippen LogP contribution < -0.4 is 10.1 Å². The van der Waals surface area contributed by atoms with Crippen LogP contribution in [-0.2, 0) is 14.8 Å². The molecule has 0 saturated heterocycles. The van der Waals surface area contributed by atoms with E-state index in [0.29, 0.717) is 15.7 Å². The lowest BCUT2D eigenvalue weighted by atomic mass is 10.2. The van der Waals surface area contributed by atoms with E-state index in [2.05, 4.69) is 5.32 Å². The zero-order chi connectivity index (χ0) is 19.1. The SMILES string of the molecule is COc1ccc(C)cc1NC(=O)[C@H](C)N1C(=O)c2ccccc2S1(=O)=O. The Morgan fingerprint density at radius 1 is 1.19 bits per heavy atom. The van der Waals surface area contributed by atoms with E-state index in [9.17, 15) is 18.0 Å². The summed E-state index contributed by atoms with van der Waals surface area (Å²) in [7, 11) is -2.60. The van der Waals surface area contributed by atoms with Crippen LogP contribution in [0.25, 0.3) is 0 Å². The van der Waals surface area contributed by atoms with Crippen molar-refractivity contribution in [3.8, 4) is 5.75 Å². The topological polar surface area (TPSA) is 92.8 Å². The van der Waals surface area contributed by atoms with E-state index < -0.39 is 27.9 Å². The van der Waals surface area contributed by atoms with Gasteiger partial charge in [0.25, 0.3) is 15.9 Å². The zero-order valence-corrected chi connectivity index (χ0v) is 15.3. The molecule has 136 valence electrons. The average molecular weight is 374 g/mol. The molecule has 0 aromatic heterocycles. The molecule has 2 amide bonds. The largest absolute Gasteiger partial charge is 0.495 e. The maximum Gasteiger partial charge on any atom is 0.269 e. The van der Waals surface area contributed by atoms with Gasteiger partial charge >= 0.3 is 0 Å². The van der Waals surface area contributed by atoms with Crippen LogP contribution in [0.5, 0.6) is 5.75 Å². The number of anilines is 1. The van der Waals surface area contributed by atoms with Crippen molar-refractivity contribution < 1.29 is 22.7 Å². The Labute approximate surface area is 151 Å². The van der Waals surface area contributed by atoms with Gasteiger partial charge in [0.15, 0.2) is 0 Å². The van der Waals surface area contributed by atoms with Gasteiger partial charge in [0.05, 0.1) is 18.4 Å². The number of aryl methyl sites for hydroxylation is 1. The van der Waals surface area contributed by atoms with Gasteiger partial charge in [-0.05, 0) is 43.7 Å². The molecule has 3 rings (SSSR count). The van der Waals surface area contributed by atoms with Crippen molar-refractivity contribution in [3.63, 3.8) is 0 Å². The first-order chi connectivity index (χ1) is 12.3. The summed E-state index contributed by atoms with van der Waals surface area (Å²) in [5, 5.41) is 2.64. The molecule has 0 aliphatic carbocycles. The molecule has 0 bridgehead atoms. The summed E-state index contributed by atoms with van der Waals surface area (Å²) < 4.78 is 31.2. The van der Waals surface area contributed by atoms with E-state index in [0.717, 1.165) is 5.56 Å². The summed E-state index contributed by atoms with van der Waals surface area (Å²) in [6.45, 7) is 3.22. The molecule has 7 nitrogen and oxygen atoms in total. The number of methoxy groups -OCH3 is 1. The van der Waals surface area contributed by atoms with Gasteiger partial charge in [-0.3, -0.25) is 9.59 Å². The molecule has 1 atom stereocenters. The number of sulfonamides is 1. The molecule has 8 heteroatoms. The summed E-state index contributed by atoms with van der Waals surface area (Å²) >= 11 is 0. The third kappa shape index (κ3) is 2.82. The lowest BCUT2D eigenvalue weighted by molar-refractivity contribution is -0.118.